The van der Waals surface area contributed by atoms with E-state index in [1.807, 2.05) is 35.2 Å². The highest BCUT2D eigenvalue weighted by molar-refractivity contribution is 5.89. The SMILES string of the molecule is Cn1cc(O)n([C@H]2C[C@@H](n3cnc4c(N[C@H](CO)Cc5ccccc5)nc(N5CC[C@@H](NC(=O)Nc6cccnc6)C5)nc43)[C@H](O)[C@@H]2O)c1=O. The van der Waals surface area contributed by atoms with Crippen molar-refractivity contribution in [3.05, 3.63) is 83.4 Å². The zero-order valence-electron chi connectivity index (χ0n) is 27.2. The Balaban J connectivity index is 1.19. The summed E-state index contributed by atoms with van der Waals surface area (Å²) in [5, 5.41) is 52.3. The summed E-state index contributed by atoms with van der Waals surface area (Å²) in [6, 6.07) is 10.5. The molecule has 2 fully saturated rings. The van der Waals surface area contributed by atoms with Crippen LogP contribution in [0.5, 0.6) is 5.88 Å². The second kappa shape index (κ2) is 13.8. The lowest BCUT2D eigenvalue weighted by Gasteiger charge is -2.22. The number of carbonyl (C=O) groups is 1. The zero-order valence-corrected chi connectivity index (χ0v) is 27.2. The third kappa shape index (κ3) is 6.45. The van der Waals surface area contributed by atoms with E-state index in [4.69, 9.17) is 9.97 Å². The Morgan fingerprint density at radius 3 is 2.60 bits per heavy atom. The Hall–Kier alpha value is -5.52. The van der Waals surface area contributed by atoms with Crippen LogP contribution in [0.4, 0.5) is 22.2 Å². The number of aryl methyl sites for hydroxylation is 1. The molecule has 17 heteroatoms. The first kappa shape index (κ1) is 33.0. The first-order valence-electron chi connectivity index (χ1n) is 16.4. The maximum absolute atomic E-state index is 12.8. The molecule has 7 rings (SSSR count). The minimum Gasteiger partial charge on any atom is -0.493 e. The number of aromatic nitrogens is 7. The molecule has 2 aliphatic rings. The number of carbonyl (C=O) groups excluding carboxylic acids is 1. The van der Waals surface area contributed by atoms with Gasteiger partial charge in [0.05, 0.1) is 49.1 Å². The highest BCUT2D eigenvalue weighted by Gasteiger charge is 2.45. The van der Waals surface area contributed by atoms with Gasteiger partial charge < -0.3 is 45.8 Å². The van der Waals surface area contributed by atoms with Gasteiger partial charge in [0.2, 0.25) is 11.8 Å². The summed E-state index contributed by atoms with van der Waals surface area (Å²) in [4.78, 5) is 45.8. The zero-order chi connectivity index (χ0) is 34.9. The van der Waals surface area contributed by atoms with Gasteiger partial charge in [0.1, 0.15) is 12.2 Å². The Kier molecular flexibility index (Phi) is 9.09. The van der Waals surface area contributed by atoms with E-state index in [-0.39, 0.29) is 31.0 Å². The Labute approximate surface area is 285 Å². The molecule has 262 valence electrons. The van der Waals surface area contributed by atoms with E-state index in [1.165, 1.54) is 24.1 Å². The number of amides is 2. The van der Waals surface area contributed by atoms with Crippen LogP contribution in [-0.2, 0) is 13.5 Å². The average Bonchev–Trinajstić information content (AvgIpc) is 3.88. The van der Waals surface area contributed by atoms with Gasteiger partial charge in [0.25, 0.3) is 0 Å². The van der Waals surface area contributed by atoms with Gasteiger partial charge in [0.15, 0.2) is 17.0 Å². The fourth-order valence-electron chi connectivity index (χ4n) is 6.88. The van der Waals surface area contributed by atoms with Gasteiger partial charge in [-0.1, -0.05) is 30.3 Å². The van der Waals surface area contributed by atoms with Crippen LogP contribution in [0.1, 0.15) is 30.5 Å². The van der Waals surface area contributed by atoms with E-state index in [0.717, 1.165) is 10.1 Å². The molecule has 50 heavy (non-hydrogen) atoms. The lowest BCUT2D eigenvalue weighted by Crippen LogP contribution is -2.40. The number of benzene rings is 1. The third-order valence-corrected chi connectivity index (χ3v) is 9.40. The Morgan fingerprint density at radius 2 is 1.88 bits per heavy atom. The number of hydrogen-bond acceptors (Lipinski definition) is 12. The number of aromatic hydroxyl groups is 1. The van der Waals surface area contributed by atoms with Crippen molar-refractivity contribution < 1.29 is 25.2 Å². The smallest absolute Gasteiger partial charge is 0.331 e. The number of urea groups is 1. The molecule has 5 aromatic rings. The number of fused-ring (bicyclic) bond motifs is 1. The van der Waals surface area contributed by atoms with Crippen LogP contribution in [0.3, 0.4) is 0 Å². The first-order chi connectivity index (χ1) is 24.2. The number of hydrogen-bond donors (Lipinski definition) is 7. The van der Waals surface area contributed by atoms with E-state index in [1.54, 1.807) is 29.1 Å². The number of nitrogens with one attached hydrogen (secondary N) is 3. The molecule has 1 saturated heterocycles. The fourth-order valence-corrected chi connectivity index (χ4v) is 6.88. The lowest BCUT2D eigenvalue weighted by molar-refractivity contribution is 0.00756. The van der Waals surface area contributed by atoms with Gasteiger partial charge in [-0.2, -0.15) is 9.97 Å². The quantitative estimate of drug-likeness (QED) is 0.108. The van der Waals surface area contributed by atoms with Crippen molar-refractivity contribution in [1.82, 2.24) is 39.0 Å². The van der Waals surface area contributed by atoms with Crippen molar-refractivity contribution >= 4 is 34.6 Å². The van der Waals surface area contributed by atoms with Crippen molar-refractivity contribution in [2.45, 2.75) is 55.6 Å². The molecule has 0 bridgehead atoms. The predicted octanol–water partition coefficient (Wildman–Crippen LogP) is 0.751. The van der Waals surface area contributed by atoms with Crippen LogP contribution in [0.25, 0.3) is 11.2 Å². The van der Waals surface area contributed by atoms with Gasteiger partial charge in [-0.15, -0.1) is 0 Å². The van der Waals surface area contributed by atoms with E-state index >= 15 is 0 Å². The first-order valence-corrected chi connectivity index (χ1v) is 16.4. The van der Waals surface area contributed by atoms with Gasteiger partial charge in [-0.05, 0) is 37.0 Å². The average molecular weight is 686 g/mol. The largest absolute Gasteiger partial charge is 0.493 e. The number of nitrogens with zero attached hydrogens (tertiary/aromatic N) is 8. The normalized spacial score (nSPS) is 22.6. The van der Waals surface area contributed by atoms with Gasteiger partial charge in [-0.25, -0.2) is 14.6 Å². The topological polar surface area (TPSA) is 221 Å². The highest BCUT2D eigenvalue weighted by atomic mass is 16.3. The molecular formula is C33H39N11O6. The van der Waals surface area contributed by atoms with Crippen LogP contribution in [0.15, 0.2) is 72.2 Å². The van der Waals surface area contributed by atoms with Gasteiger partial charge in [0, 0.05) is 32.4 Å². The van der Waals surface area contributed by atoms with Gasteiger partial charge in [-0.3, -0.25) is 14.1 Å². The predicted molar refractivity (Wildman–Crippen MR) is 183 cm³/mol. The van der Waals surface area contributed by atoms with Crippen LogP contribution >= 0.6 is 0 Å². The Bertz CT molecular complexity index is 2020. The standard InChI is InChI=1S/C33H39N11O6/c1-41-16-25(46)44(33(41)50)24-13-23(27(47)28(24)48)43-18-35-26-29(36-22(17-45)12-19-6-3-2-4-7-19)39-31(40-30(26)43)42-11-9-21(15-42)38-32(49)37-20-8-5-10-34-14-20/h2-8,10,14,16,18,21-24,27-28,45-48H,9,11-13,15,17H2,1H3,(H,36,39,40)(H2,37,38,49)/t21-,22+,23-,24+,27+,28-/m1/s1. The molecule has 0 spiro atoms. The number of pyridine rings is 1. The minimum absolute atomic E-state index is 0.0996. The summed E-state index contributed by atoms with van der Waals surface area (Å²) in [5.74, 6) is 0.392. The van der Waals surface area contributed by atoms with Crippen LogP contribution in [0, 0.1) is 0 Å². The molecule has 5 heterocycles. The summed E-state index contributed by atoms with van der Waals surface area (Å²) < 4.78 is 3.94. The van der Waals surface area contributed by atoms with Crippen molar-refractivity contribution in [3.63, 3.8) is 0 Å². The molecule has 0 unspecified atom stereocenters. The van der Waals surface area contributed by atoms with E-state index in [9.17, 15) is 30.0 Å². The van der Waals surface area contributed by atoms with E-state index in [2.05, 4.69) is 25.9 Å². The van der Waals surface area contributed by atoms with E-state index in [0.29, 0.717) is 54.5 Å². The van der Waals surface area contributed by atoms with Crippen molar-refractivity contribution in [3.8, 4) is 5.88 Å². The molecule has 1 aliphatic heterocycles. The second-order valence-corrected chi connectivity index (χ2v) is 12.8. The van der Waals surface area contributed by atoms with Crippen molar-refractivity contribution in [1.29, 1.82) is 0 Å². The minimum atomic E-state index is -1.37. The molecule has 7 N–H and O–H groups in total. The number of imidazole rings is 2. The highest BCUT2D eigenvalue weighted by Crippen LogP contribution is 2.41. The second-order valence-electron chi connectivity index (χ2n) is 12.8. The van der Waals surface area contributed by atoms with E-state index < -0.39 is 36.0 Å². The molecular weight excluding hydrogens is 646 g/mol. The number of anilines is 3. The number of aliphatic hydroxyl groups is 3. The van der Waals surface area contributed by atoms with Crippen LogP contribution < -0.4 is 26.5 Å². The molecule has 4 aromatic heterocycles. The molecule has 1 saturated carbocycles. The molecule has 2 amide bonds. The molecule has 17 nitrogen and oxygen atoms in total. The lowest BCUT2D eigenvalue weighted by atomic mass is 10.1. The maximum Gasteiger partial charge on any atom is 0.331 e. The Morgan fingerprint density at radius 1 is 1.08 bits per heavy atom. The van der Waals surface area contributed by atoms with Crippen molar-refractivity contribution in [2.75, 3.05) is 35.2 Å². The number of aliphatic hydroxyl groups excluding tert-OH is 3. The van der Waals surface area contributed by atoms with Crippen LogP contribution in [0.2, 0.25) is 0 Å². The fraction of sp³-hybridized carbons (Fsp3) is 0.394. The third-order valence-electron chi connectivity index (χ3n) is 9.40. The van der Waals surface area contributed by atoms with Crippen LogP contribution in [-0.4, -0.2) is 104 Å². The molecule has 0 radical (unpaired) electrons. The summed E-state index contributed by atoms with van der Waals surface area (Å²) in [6.45, 7) is 0.756. The summed E-state index contributed by atoms with van der Waals surface area (Å²) in [7, 11) is 1.49. The summed E-state index contributed by atoms with van der Waals surface area (Å²) in [5.41, 5.74) is 1.81. The number of rotatable bonds is 10. The summed E-state index contributed by atoms with van der Waals surface area (Å²) in [6.07, 6.45) is 4.49. The molecule has 6 atom stereocenters. The molecule has 1 aliphatic carbocycles. The summed E-state index contributed by atoms with van der Waals surface area (Å²) >= 11 is 0. The monoisotopic (exact) mass is 685 g/mol. The maximum atomic E-state index is 12.8. The molecule has 1 aromatic carbocycles. The van der Waals surface area contributed by atoms with Gasteiger partial charge >= 0.3 is 11.7 Å². The van der Waals surface area contributed by atoms with Crippen molar-refractivity contribution in [2.24, 2.45) is 7.05 Å².